The zero-order chi connectivity index (χ0) is 24.3. The summed E-state index contributed by atoms with van der Waals surface area (Å²) in [4.78, 5) is 27.4. The fourth-order valence-corrected chi connectivity index (χ4v) is 4.22. The maximum atomic E-state index is 13.4. The second-order valence-electron chi connectivity index (χ2n) is 7.39. The van der Waals surface area contributed by atoms with Gasteiger partial charge in [0.1, 0.15) is 5.92 Å². The van der Waals surface area contributed by atoms with Crippen LogP contribution in [0.1, 0.15) is 47.3 Å². The van der Waals surface area contributed by atoms with Gasteiger partial charge < -0.3 is 33.7 Å². The Bertz CT molecular complexity index is 1030. The molecule has 0 unspecified atom stereocenters. The molecular formula is C24H29NO8. The highest BCUT2D eigenvalue weighted by molar-refractivity contribution is 6.01. The largest absolute Gasteiger partial charge is 0.493 e. The summed E-state index contributed by atoms with van der Waals surface area (Å²) in [6.45, 7) is 4.38. The summed E-state index contributed by atoms with van der Waals surface area (Å²) in [7, 11) is 6.01. The van der Waals surface area contributed by atoms with Crippen LogP contribution in [0.15, 0.2) is 24.3 Å². The Kier molecular flexibility index (Phi) is 7.20. The fraction of sp³-hybridized carbons (Fsp3) is 0.417. The van der Waals surface area contributed by atoms with Crippen LogP contribution in [0.5, 0.6) is 28.7 Å². The summed E-state index contributed by atoms with van der Waals surface area (Å²) in [6, 6.07) is 5.65. The van der Waals surface area contributed by atoms with Crippen molar-refractivity contribution in [1.82, 2.24) is 4.90 Å². The molecule has 3 rings (SSSR count). The lowest BCUT2D eigenvalue weighted by Gasteiger charge is -2.39. The predicted octanol–water partition coefficient (Wildman–Crippen LogP) is 3.50. The van der Waals surface area contributed by atoms with Crippen LogP contribution in [0.3, 0.4) is 0 Å². The van der Waals surface area contributed by atoms with Crippen molar-refractivity contribution in [1.29, 1.82) is 0 Å². The number of hydrogen-bond acceptors (Lipinski definition) is 7. The third kappa shape index (κ3) is 4.22. The number of methoxy groups -OCH3 is 3. The van der Waals surface area contributed by atoms with Crippen molar-refractivity contribution in [2.24, 2.45) is 0 Å². The molecule has 0 aromatic heterocycles. The van der Waals surface area contributed by atoms with Crippen molar-refractivity contribution in [3.8, 4) is 28.7 Å². The minimum absolute atomic E-state index is 0.264. The van der Waals surface area contributed by atoms with Gasteiger partial charge in [-0.2, -0.15) is 0 Å². The first-order valence-electron chi connectivity index (χ1n) is 10.6. The molecule has 1 aliphatic rings. The van der Waals surface area contributed by atoms with E-state index in [1.807, 2.05) is 13.8 Å². The van der Waals surface area contributed by atoms with E-state index in [0.717, 1.165) is 0 Å². The molecule has 0 saturated heterocycles. The lowest BCUT2D eigenvalue weighted by molar-refractivity contribution is -0.140. The molecule has 2 atom stereocenters. The summed E-state index contributed by atoms with van der Waals surface area (Å²) in [5.74, 6) is -0.582. The average molecular weight is 459 g/mol. The number of carbonyl (C=O) groups is 2. The minimum atomic E-state index is -1.08. The summed E-state index contributed by atoms with van der Waals surface area (Å²) in [6.07, 6.45) is 0. The quantitative estimate of drug-likeness (QED) is 0.608. The number of nitrogens with zero attached hydrogens (tertiary/aromatic N) is 1. The maximum Gasteiger partial charge on any atom is 0.313 e. The van der Waals surface area contributed by atoms with Gasteiger partial charge in [0.05, 0.1) is 40.6 Å². The third-order valence-corrected chi connectivity index (χ3v) is 5.63. The first-order chi connectivity index (χ1) is 15.8. The van der Waals surface area contributed by atoms with Gasteiger partial charge in [0.2, 0.25) is 5.75 Å². The van der Waals surface area contributed by atoms with Gasteiger partial charge in [-0.3, -0.25) is 9.59 Å². The van der Waals surface area contributed by atoms with Gasteiger partial charge in [0.25, 0.3) is 5.91 Å². The molecule has 0 aliphatic carbocycles. The van der Waals surface area contributed by atoms with E-state index in [1.54, 1.807) is 31.3 Å². The smallest absolute Gasteiger partial charge is 0.313 e. The minimum Gasteiger partial charge on any atom is -0.493 e. The highest BCUT2D eigenvalue weighted by atomic mass is 16.5. The van der Waals surface area contributed by atoms with Gasteiger partial charge in [-0.25, -0.2) is 0 Å². The molecular weight excluding hydrogens is 430 g/mol. The maximum absolute atomic E-state index is 13.4. The van der Waals surface area contributed by atoms with E-state index >= 15 is 0 Å². The lowest BCUT2D eigenvalue weighted by Crippen LogP contribution is -2.42. The molecule has 2 aromatic rings. The van der Waals surface area contributed by atoms with Crippen molar-refractivity contribution in [2.75, 3.05) is 41.6 Å². The molecule has 2 aromatic carbocycles. The molecule has 1 N–H and O–H groups in total. The average Bonchev–Trinajstić information content (AvgIpc) is 2.80. The molecule has 0 radical (unpaired) electrons. The van der Waals surface area contributed by atoms with Gasteiger partial charge in [0, 0.05) is 12.6 Å². The first-order valence-corrected chi connectivity index (χ1v) is 10.6. The summed E-state index contributed by atoms with van der Waals surface area (Å²) in [5.41, 5.74) is 1.15. The fourth-order valence-electron chi connectivity index (χ4n) is 4.22. The summed E-state index contributed by atoms with van der Waals surface area (Å²) >= 11 is 0. The number of hydrogen-bond donors (Lipinski definition) is 1. The molecule has 178 valence electrons. The van der Waals surface area contributed by atoms with E-state index in [0.29, 0.717) is 53.1 Å². The van der Waals surface area contributed by atoms with Crippen LogP contribution in [0.25, 0.3) is 0 Å². The molecule has 33 heavy (non-hydrogen) atoms. The lowest BCUT2D eigenvalue weighted by atomic mass is 9.79. The second kappa shape index (κ2) is 9.89. The molecule has 1 amide bonds. The SMILES string of the molecule is CCOc1cc2c(cc1OCC)[C@H](C(=O)O)[C@H](c1cc(OC)c(OC)c(OC)c1)N(C)C2=O. The number of benzene rings is 2. The van der Waals surface area contributed by atoms with Crippen LogP contribution in [0.4, 0.5) is 0 Å². The van der Waals surface area contributed by atoms with Crippen LogP contribution in [0.2, 0.25) is 0 Å². The number of aliphatic carboxylic acids is 1. The Morgan fingerprint density at radius 1 is 0.909 bits per heavy atom. The highest BCUT2D eigenvalue weighted by Crippen LogP contribution is 2.48. The highest BCUT2D eigenvalue weighted by Gasteiger charge is 2.44. The van der Waals surface area contributed by atoms with Crippen LogP contribution < -0.4 is 23.7 Å². The summed E-state index contributed by atoms with van der Waals surface area (Å²) < 4.78 is 27.6. The van der Waals surface area contributed by atoms with Gasteiger partial charge in [0.15, 0.2) is 23.0 Å². The predicted molar refractivity (Wildman–Crippen MR) is 120 cm³/mol. The van der Waals surface area contributed by atoms with E-state index in [1.165, 1.54) is 26.2 Å². The van der Waals surface area contributed by atoms with Crippen molar-refractivity contribution in [3.63, 3.8) is 0 Å². The topological polar surface area (TPSA) is 104 Å². The number of fused-ring (bicyclic) bond motifs is 1. The standard InChI is InChI=1S/C24H29NO8/c1-7-32-16-11-14-15(12-17(16)33-8-2)23(26)25(3)21(20(14)24(27)28)13-9-18(29-4)22(31-6)19(10-13)30-5/h9-12,20-21H,7-8H2,1-6H3,(H,27,28)/t20-,21-/m0/s1. The number of rotatable bonds is 9. The third-order valence-electron chi connectivity index (χ3n) is 5.63. The van der Waals surface area contributed by atoms with E-state index in [9.17, 15) is 14.7 Å². The van der Waals surface area contributed by atoms with Crippen LogP contribution >= 0.6 is 0 Å². The van der Waals surface area contributed by atoms with Gasteiger partial charge in [-0.05, 0) is 49.2 Å². The Labute approximate surface area is 192 Å². The van der Waals surface area contributed by atoms with E-state index in [4.69, 9.17) is 23.7 Å². The molecule has 1 aliphatic heterocycles. The van der Waals surface area contributed by atoms with Crippen molar-refractivity contribution in [2.45, 2.75) is 25.8 Å². The number of ether oxygens (including phenoxy) is 5. The van der Waals surface area contributed by atoms with Crippen LogP contribution in [0, 0.1) is 0 Å². The van der Waals surface area contributed by atoms with Crippen molar-refractivity contribution >= 4 is 11.9 Å². The van der Waals surface area contributed by atoms with Crippen LogP contribution in [-0.4, -0.2) is 63.5 Å². The molecule has 0 saturated carbocycles. The number of likely N-dealkylation sites (N-methyl/N-ethyl adjacent to an activating group) is 1. The number of carbonyl (C=O) groups excluding carboxylic acids is 1. The molecule has 9 nitrogen and oxygen atoms in total. The number of carboxylic acids is 1. The first kappa shape index (κ1) is 24.0. The zero-order valence-electron chi connectivity index (χ0n) is 19.6. The second-order valence-corrected chi connectivity index (χ2v) is 7.39. The summed E-state index contributed by atoms with van der Waals surface area (Å²) in [5, 5.41) is 10.3. The van der Waals surface area contributed by atoms with Gasteiger partial charge >= 0.3 is 5.97 Å². The molecule has 0 fully saturated rings. The number of carboxylic acid groups (broad SMARTS) is 1. The van der Waals surface area contributed by atoms with Gasteiger partial charge in [-0.1, -0.05) is 0 Å². The van der Waals surface area contributed by atoms with Crippen LogP contribution in [-0.2, 0) is 4.79 Å². The normalized spacial score (nSPS) is 17.3. The Morgan fingerprint density at radius 2 is 1.45 bits per heavy atom. The van der Waals surface area contributed by atoms with Crippen molar-refractivity contribution < 1.29 is 38.4 Å². The Morgan fingerprint density at radius 3 is 1.91 bits per heavy atom. The van der Waals surface area contributed by atoms with E-state index in [-0.39, 0.29) is 11.5 Å². The molecule has 0 bridgehead atoms. The number of amides is 1. The zero-order valence-corrected chi connectivity index (χ0v) is 19.6. The molecule has 0 spiro atoms. The molecule has 1 heterocycles. The Balaban J connectivity index is 2.25. The van der Waals surface area contributed by atoms with Gasteiger partial charge in [-0.15, -0.1) is 0 Å². The van der Waals surface area contributed by atoms with E-state index in [2.05, 4.69) is 0 Å². The monoisotopic (exact) mass is 459 g/mol. The Hall–Kier alpha value is -3.62. The molecule has 9 heteroatoms. The van der Waals surface area contributed by atoms with Crippen molar-refractivity contribution in [3.05, 3.63) is 41.0 Å². The van der Waals surface area contributed by atoms with E-state index < -0.39 is 17.9 Å².